The van der Waals surface area contributed by atoms with Gasteiger partial charge in [0.05, 0.1) is 0 Å². The van der Waals surface area contributed by atoms with E-state index in [9.17, 15) is 17.6 Å². The third-order valence-corrected chi connectivity index (χ3v) is 8.10. The Morgan fingerprint density at radius 2 is 1.18 bits per heavy atom. The molecule has 0 amide bonds. The van der Waals surface area contributed by atoms with Crippen LogP contribution in [0.25, 0.3) is 28.0 Å². The fourth-order valence-corrected chi connectivity index (χ4v) is 6.30. The molecular weight excluding hydrogens is 500 g/mol. The summed E-state index contributed by atoms with van der Waals surface area (Å²) >= 11 is 0. The molecule has 2 aliphatic rings. The predicted octanol–water partition coefficient (Wildman–Crippen LogP) is 9.05. The first-order valence-corrected chi connectivity index (χ1v) is 12.7. The zero-order chi connectivity index (χ0) is 27.1. The van der Waals surface area contributed by atoms with E-state index in [0.717, 1.165) is 33.2 Å². The van der Waals surface area contributed by atoms with Crippen molar-refractivity contribution in [2.75, 3.05) is 0 Å². The van der Waals surface area contributed by atoms with E-state index in [1.54, 1.807) is 42.5 Å². The maximum absolute atomic E-state index is 14.8. The number of hydrogen-bond acceptors (Lipinski definition) is 1. The molecule has 0 saturated heterocycles. The normalized spacial score (nSPS) is 15.9. The van der Waals surface area contributed by atoms with Crippen molar-refractivity contribution in [3.8, 4) is 16.9 Å². The highest BCUT2D eigenvalue weighted by atomic mass is 19.1. The van der Waals surface area contributed by atoms with Crippen molar-refractivity contribution in [2.45, 2.75) is 24.9 Å². The molecule has 5 aromatic rings. The third kappa shape index (κ3) is 3.32. The minimum absolute atomic E-state index is 0.322. The van der Waals surface area contributed by atoms with Gasteiger partial charge in [-0.3, -0.25) is 0 Å². The summed E-state index contributed by atoms with van der Waals surface area (Å²) in [5.74, 6) is -1.08. The van der Waals surface area contributed by atoms with Crippen LogP contribution in [0.5, 0.6) is 5.75 Å². The number of rotatable bonds is 2. The molecule has 0 N–H and O–H groups in total. The van der Waals surface area contributed by atoms with E-state index >= 15 is 0 Å². The van der Waals surface area contributed by atoms with E-state index in [1.807, 2.05) is 26.0 Å². The maximum atomic E-state index is 14.8. The first kappa shape index (κ1) is 23.7. The van der Waals surface area contributed by atoms with Crippen molar-refractivity contribution in [1.29, 1.82) is 0 Å². The molecule has 192 valence electrons. The predicted molar refractivity (Wildman–Crippen MR) is 145 cm³/mol. The highest BCUT2D eigenvalue weighted by Crippen LogP contribution is 2.58. The van der Waals surface area contributed by atoms with Crippen molar-refractivity contribution in [2.24, 2.45) is 0 Å². The standard InChI is InChI=1S/C34H22F4O/c1-33(2)29-18-24(38)12-14-26(29)30-25-13-11-23(37)17-28(25)32-27(31(30)33)15-16-34(39-32,19-3-7-21(35)8-4-19)20-5-9-22(36)10-6-20/h3-18H,1-2H3. The van der Waals surface area contributed by atoms with Crippen molar-refractivity contribution in [3.63, 3.8) is 0 Å². The fourth-order valence-electron chi connectivity index (χ4n) is 6.30. The molecule has 5 aromatic carbocycles. The second-order valence-electron chi connectivity index (χ2n) is 10.7. The summed E-state index contributed by atoms with van der Waals surface area (Å²) < 4.78 is 64.0. The molecule has 0 saturated carbocycles. The quantitative estimate of drug-likeness (QED) is 0.210. The average molecular weight is 523 g/mol. The van der Waals surface area contributed by atoms with Crippen molar-refractivity contribution in [3.05, 3.63) is 142 Å². The molecule has 1 nitrogen and oxygen atoms in total. The Bertz CT molecular complexity index is 1790. The second kappa shape index (κ2) is 8.06. The summed E-state index contributed by atoms with van der Waals surface area (Å²) in [5, 5.41) is 1.35. The number of benzene rings is 5. The summed E-state index contributed by atoms with van der Waals surface area (Å²) in [6.45, 7) is 4.09. The molecule has 0 unspecified atom stereocenters. The van der Waals surface area contributed by atoms with Crippen LogP contribution in [0.4, 0.5) is 17.6 Å². The van der Waals surface area contributed by atoms with Crippen LogP contribution in [-0.4, -0.2) is 0 Å². The van der Waals surface area contributed by atoms with Gasteiger partial charge in [0.15, 0.2) is 5.60 Å². The number of ether oxygens (including phenoxy) is 1. The van der Waals surface area contributed by atoms with Crippen LogP contribution in [0.1, 0.15) is 41.7 Å². The van der Waals surface area contributed by atoms with Crippen LogP contribution in [0.3, 0.4) is 0 Å². The van der Waals surface area contributed by atoms with Gasteiger partial charge >= 0.3 is 0 Å². The summed E-state index contributed by atoms with van der Waals surface area (Å²) in [5.41, 5.74) is 3.86. The van der Waals surface area contributed by atoms with Gasteiger partial charge in [-0.05, 0) is 82.2 Å². The van der Waals surface area contributed by atoms with E-state index in [0.29, 0.717) is 22.3 Å². The van der Waals surface area contributed by atoms with Gasteiger partial charge in [0.25, 0.3) is 0 Å². The van der Waals surface area contributed by atoms with E-state index in [-0.39, 0.29) is 5.82 Å². The molecule has 0 radical (unpaired) electrons. The van der Waals surface area contributed by atoms with E-state index in [4.69, 9.17) is 4.74 Å². The number of hydrogen-bond donors (Lipinski definition) is 0. The van der Waals surface area contributed by atoms with E-state index < -0.39 is 28.5 Å². The van der Waals surface area contributed by atoms with Crippen LogP contribution in [0.2, 0.25) is 0 Å². The largest absolute Gasteiger partial charge is 0.472 e. The molecule has 1 aliphatic heterocycles. The van der Waals surface area contributed by atoms with Gasteiger partial charge in [-0.2, -0.15) is 0 Å². The third-order valence-electron chi connectivity index (χ3n) is 8.10. The molecule has 0 aromatic heterocycles. The second-order valence-corrected chi connectivity index (χ2v) is 10.7. The Kier molecular flexibility index (Phi) is 4.90. The lowest BCUT2D eigenvalue weighted by atomic mass is 9.77. The number of halogens is 4. The highest BCUT2D eigenvalue weighted by molar-refractivity contribution is 6.08. The molecule has 0 spiro atoms. The lowest BCUT2D eigenvalue weighted by molar-refractivity contribution is 0.163. The summed E-state index contributed by atoms with van der Waals surface area (Å²) in [7, 11) is 0. The molecule has 5 heteroatoms. The van der Waals surface area contributed by atoms with Gasteiger partial charge in [0.2, 0.25) is 0 Å². The zero-order valence-corrected chi connectivity index (χ0v) is 21.2. The molecule has 1 aliphatic carbocycles. The van der Waals surface area contributed by atoms with Crippen LogP contribution >= 0.6 is 0 Å². The minimum atomic E-state index is -1.23. The fraction of sp³-hybridized carbons (Fsp3) is 0.118. The van der Waals surface area contributed by atoms with E-state index in [1.165, 1.54) is 42.5 Å². The molecule has 39 heavy (non-hydrogen) atoms. The van der Waals surface area contributed by atoms with Crippen molar-refractivity contribution >= 4 is 16.8 Å². The highest BCUT2D eigenvalue weighted by Gasteiger charge is 2.44. The Balaban J connectivity index is 1.57. The van der Waals surface area contributed by atoms with Crippen molar-refractivity contribution < 1.29 is 22.3 Å². The SMILES string of the molecule is CC1(C)c2cc(F)ccc2-c2c1c1c(c3cc(F)ccc23)OC(c2ccc(F)cc2)(c2ccc(F)cc2)C=C1. The smallest absolute Gasteiger partial charge is 0.178 e. The Hall–Kier alpha value is -4.38. The molecule has 1 heterocycles. The Morgan fingerprint density at radius 1 is 0.615 bits per heavy atom. The van der Waals surface area contributed by atoms with Crippen molar-refractivity contribution in [1.82, 2.24) is 0 Å². The van der Waals surface area contributed by atoms with Gasteiger partial charge in [-0.25, -0.2) is 17.6 Å². The molecule has 0 fully saturated rings. The first-order chi connectivity index (χ1) is 18.7. The molecule has 0 bridgehead atoms. The van der Waals surface area contributed by atoms with Crippen LogP contribution in [0.15, 0.2) is 91.0 Å². The Labute approximate surface area is 223 Å². The minimum Gasteiger partial charge on any atom is -0.472 e. The number of fused-ring (bicyclic) bond motifs is 8. The van der Waals surface area contributed by atoms with Gasteiger partial charge < -0.3 is 4.74 Å². The lowest BCUT2D eigenvalue weighted by Gasteiger charge is -2.38. The van der Waals surface area contributed by atoms with E-state index in [2.05, 4.69) is 0 Å². The zero-order valence-electron chi connectivity index (χ0n) is 21.2. The van der Waals surface area contributed by atoms with Crippen LogP contribution in [-0.2, 0) is 11.0 Å². The van der Waals surface area contributed by atoms with Crippen LogP contribution in [0, 0.1) is 23.3 Å². The first-order valence-electron chi connectivity index (χ1n) is 12.7. The lowest BCUT2D eigenvalue weighted by Crippen LogP contribution is -2.35. The maximum Gasteiger partial charge on any atom is 0.178 e. The molecule has 0 atom stereocenters. The van der Waals surface area contributed by atoms with Gasteiger partial charge in [-0.15, -0.1) is 0 Å². The summed E-state index contributed by atoms with van der Waals surface area (Å²) in [4.78, 5) is 0. The average Bonchev–Trinajstić information content (AvgIpc) is 3.15. The van der Waals surface area contributed by atoms with Gasteiger partial charge in [0, 0.05) is 27.5 Å². The molecular formula is C34H22F4O. The van der Waals surface area contributed by atoms with Gasteiger partial charge in [-0.1, -0.05) is 56.3 Å². The Morgan fingerprint density at radius 3 is 1.82 bits per heavy atom. The van der Waals surface area contributed by atoms with Gasteiger partial charge in [0.1, 0.15) is 29.0 Å². The summed E-state index contributed by atoms with van der Waals surface area (Å²) in [6, 6.07) is 21.3. The topological polar surface area (TPSA) is 9.23 Å². The van der Waals surface area contributed by atoms with Crippen LogP contribution < -0.4 is 4.74 Å². The molecule has 7 rings (SSSR count). The summed E-state index contributed by atoms with van der Waals surface area (Å²) in [6.07, 6.45) is 3.82. The monoisotopic (exact) mass is 522 g/mol.